The standard InChI is InChI=1S/C10H19N3O2/c1-3-4-5-6-13(2)10(15)8-12-9(14)7-11/h3H,1,4-8,11H2,2H3,(H,12,14). The van der Waals surface area contributed by atoms with E-state index in [4.69, 9.17) is 5.73 Å². The zero-order valence-corrected chi connectivity index (χ0v) is 9.16. The van der Waals surface area contributed by atoms with Crippen LogP contribution < -0.4 is 11.1 Å². The predicted octanol–water partition coefficient (Wildman–Crippen LogP) is -0.514. The third-order valence-electron chi connectivity index (χ3n) is 1.95. The number of unbranched alkanes of at least 4 members (excludes halogenated alkanes) is 1. The number of nitrogens with one attached hydrogen (secondary N) is 1. The summed E-state index contributed by atoms with van der Waals surface area (Å²) in [5.74, 6) is -0.427. The van der Waals surface area contributed by atoms with Crippen molar-refractivity contribution in [3.05, 3.63) is 12.7 Å². The maximum atomic E-state index is 11.4. The first kappa shape index (κ1) is 13.6. The van der Waals surface area contributed by atoms with Crippen LogP contribution in [0.25, 0.3) is 0 Å². The molecule has 0 fully saturated rings. The van der Waals surface area contributed by atoms with Crippen molar-refractivity contribution >= 4 is 11.8 Å². The molecule has 0 aliphatic carbocycles. The average molecular weight is 213 g/mol. The fourth-order valence-corrected chi connectivity index (χ4v) is 0.979. The topological polar surface area (TPSA) is 75.4 Å². The molecule has 3 N–H and O–H groups in total. The number of carbonyl (C=O) groups excluding carboxylic acids is 2. The number of rotatable bonds is 7. The monoisotopic (exact) mass is 213 g/mol. The molecule has 0 aromatic heterocycles. The van der Waals surface area contributed by atoms with E-state index in [0.29, 0.717) is 6.54 Å². The van der Waals surface area contributed by atoms with Crippen molar-refractivity contribution in [1.82, 2.24) is 10.2 Å². The van der Waals surface area contributed by atoms with E-state index in [1.165, 1.54) is 0 Å². The largest absolute Gasteiger partial charge is 0.346 e. The van der Waals surface area contributed by atoms with Crippen LogP contribution in [0.1, 0.15) is 12.8 Å². The van der Waals surface area contributed by atoms with Gasteiger partial charge < -0.3 is 16.0 Å². The number of hydrogen-bond acceptors (Lipinski definition) is 3. The number of likely N-dealkylation sites (N-methyl/N-ethyl adjacent to an activating group) is 1. The van der Waals surface area contributed by atoms with Crippen LogP contribution in [0.4, 0.5) is 0 Å². The van der Waals surface area contributed by atoms with Gasteiger partial charge in [-0.3, -0.25) is 9.59 Å². The molecule has 0 rings (SSSR count). The maximum Gasteiger partial charge on any atom is 0.241 e. The van der Waals surface area contributed by atoms with Gasteiger partial charge in [-0.1, -0.05) is 6.08 Å². The molecule has 0 aliphatic heterocycles. The van der Waals surface area contributed by atoms with E-state index in [1.54, 1.807) is 11.9 Å². The number of allylic oxidation sites excluding steroid dienone is 1. The van der Waals surface area contributed by atoms with Crippen molar-refractivity contribution in [3.63, 3.8) is 0 Å². The first-order chi connectivity index (χ1) is 7.11. The number of amides is 2. The first-order valence-corrected chi connectivity index (χ1v) is 4.93. The number of hydrogen-bond donors (Lipinski definition) is 2. The van der Waals surface area contributed by atoms with Gasteiger partial charge in [0.15, 0.2) is 0 Å². The number of nitrogens with zero attached hydrogens (tertiary/aromatic N) is 1. The van der Waals surface area contributed by atoms with Gasteiger partial charge in [0, 0.05) is 13.6 Å². The van der Waals surface area contributed by atoms with Gasteiger partial charge >= 0.3 is 0 Å². The molecule has 5 heteroatoms. The third-order valence-corrected chi connectivity index (χ3v) is 1.95. The average Bonchev–Trinajstić information content (AvgIpc) is 2.25. The van der Waals surface area contributed by atoms with Crippen LogP contribution in [-0.4, -0.2) is 43.4 Å². The molecule has 0 radical (unpaired) electrons. The van der Waals surface area contributed by atoms with Gasteiger partial charge in [0.05, 0.1) is 13.1 Å². The Bertz CT molecular complexity index is 229. The Morgan fingerprint density at radius 1 is 1.53 bits per heavy atom. The Morgan fingerprint density at radius 2 is 2.20 bits per heavy atom. The Balaban J connectivity index is 3.68. The summed E-state index contributed by atoms with van der Waals surface area (Å²) in [6.07, 6.45) is 3.58. The molecule has 0 saturated heterocycles. The number of carbonyl (C=O) groups is 2. The Hall–Kier alpha value is -1.36. The molecule has 0 bridgehead atoms. The highest BCUT2D eigenvalue weighted by Gasteiger charge is 2.08. The second kappa shape index (κ2) is 7.99. The van der Waals surface area contributed by atoms with Crippen molar-refractivity contribution in [2.75, 3.05) is 26.7 Å². The highest BCUT2D eigenvalue weighted by molar-refractivity contribution is 5.85. The van der Waals surface area contributed by atoms with Gasteiger partial charge in [0.2, 0.25) is 11.8 Å². The highest BCUT2D eigenvalue weighted by atomic mass is 16.2. The van der Waals surface area contributed by atoms with E-state index in [9.17, 15) is 9.59 Å². The van der Waals surface area contributed by atoms with Gasteiger partial charge in [-0.2, -0.15) is 0 Å². The summed E-state index contributed by atoms with van der Waals surface area (Å²) in [5.41, 5.74) is 5.08. The van der Waals surface area contributed by atoms with Crippen LogP contribution in [0.5, 0.6) is 0 Å². The molecule has 15 heavy (non-hydrogen) atoms. The Labute approximate surface area is 90.3 Å². The molecule has 0 unspecified atom stereocenters. The third kappa shape index (κ3) is 6.68. The lowest BCUT2D eigenvalue weighted by molar-refractivity contribution is -0.131. The summed E-state index contributed by atoms with van der Waals surface area (Å²) >= 11 is 0. The molecule has 0 saturated carbocycles. The minimum atomic E-state index is -0.317. The van der Waals surface area contributed by atoms with Gasteiger partial charge in [-0.15, -0.1) is 6.58 Å². The van der Waals surface area contributed by atoms with E-state index in [0.717, 1.165) is 12.8 Å². The van der Waals surface area contributed by atoms with E-state index in [2.05, 4.69) is 11.9 Å². The van der Waals surface area contributed by atoms with Crippen LogP contribution in [0.15, 0.2) is 12.7 Å². The summed E-state index contributed by atoms with van der Waals surface area (Å²) in [7, 11) is 1.71. The first-order valence-electron chi connectivity index (χ1n) is 4.93. The zero-order valence-electron chi connectivity index (χ0n) is 9.16. The van der Waals surface area contributed by atoms with Crippen molar-refractivity contribution in [3.8, 4) is 0 Å². The van der Waals surface area contributed by atoms with Crippen molar-refractivity contribution < 1.29 is 9.59 Å². The molecule has 5 nitrogen and oxygen atoms in total. The summed E-state index contributed by atoms with van der Waals surface area (Å²) < 4.78 is 0. The minimum Gasteiger partial charge on any atom is -0.346 e. The van der Waals surface area contributed by atoms with Crippen LogP contribution in [0.2, 0.25) is 0 Å². The van der Waals surface area contributed by atoms with E-state index < -0.39 is 0 Å². The van der Waals surface area contributed by atoms with E-state index in [-0.39, 0.29) is 24.9 Å². The maximum absolute atomic E-state index is 11.4. The van der Waals surface area contributed by atoms with Crippen LogP contribution in [-0.2, 0) is 9.59 Å². The Kier molecular flexibility index (Phi) is 7.27. The second-order valence-electron chi connectivity index (χ2n) is 3.23. The fourth-order valence-electron chi connectivity index (χ4n) is 0.979. The summed E-state index contributed by atoms with van der Waals surface area (Å²) in [6, 6.07) is 0. The van der Waals surface area contributed by atoms with Crippen molar-refractivity contribution in [2.24, 2.45) is 5.73 Å². The lowest BCUT2D eigenvalue weighted by atomic mass is 10.3. The van der Waals surface area contributed by atoms with E-state index >= 15 is 0 Å². The SMILES string of the molecule is C=CCCCN(C)C(=O)CNC(=O)CN. The van der Waals surface area contributed by atoms with Gasteiger partial charge in [0.1, 0.15) is 0 Å². The summed E-state index contributed by atoms with van der Waals surface area (Å²) in [5, 5.41) is 2.43. The molecule has 0 aromatic rings. The van der Waals surface area contributed by atoms with Crippen molar-refractivity contribution in [2.45, 2.75) is 12.8 Å². The molecule has 86 valence electrons. The lowest BCUT2D eigenvalue weighted by Crippen LogP contribution is -2.40. The molecule has 2 amide bonds. The molecular formula is C10H19N3O2. The van der Waals surface area contributed by atoms with E-state index in [1.807, 2.05) is 6.08 Å². The van der Waals surface area contributed by atoms with Gasteiger partial charge in [-0.05, 0) is 12.8 Å². The second-order valence-corrected chi connectivity index (χ2v) is 3.23. The fraction of sp³-hybridized carbons (Fsp3) is 0.600. The summed E-state index contributed by atoms with van der Waals surface area (Å²) in [4.78, 5) is 23.8. The highest BCUT2D eigenvalue weighted by Crippen LogP contribution is 1.93. The van der Waals surface area contributed by atoms with Crippen LogP contribution in [0.3, 0.4) is 0 Å². The lowest BCUT2D eigenvalue weighted by Gasteiger charge is -2.16. The zero-order chi connectivity index (χ0) is 11.7. The molecule has 0 atom stereocenters. The van der Waals surface area contributed by atoms with Gasteiger partial charge in [-0.25, -0.2) is 0 Å². The quantitative estimate of drug-likeness (QED) is 0.441. The molecule has 0 aliphatic rings. The molecule has 0 heterocycles. The smallest absolute Gasteiger partial charge is 0.241 e. The normalized spacial score (nSPS) is 9.47. The molecule has 0 aromatic carbocycles. The Morgan fingerprint density at radius 3 is 2.73 bits per heavy atom. The summed E-state index contributed by atoms with van der Waals surface area (Å²) in [6.45, 7) is 4.19. The minimum absolute atomic E-state index is 0.0145. The predicted molar refractivity (Wildman–Crippen MR) is 59.1 cm³/mol. The van der Waals surface area contributed by atoms with Crippen LogP contribution >= 0.6 is 0 Å². The molecular weight excluding hydrogens is 194 g/mol. The van der Waals surface area contributed by atoms with Gasteiger partial charge in [0.25, 0.3) is 0 Å². The van der Waals surface area contributed by atoms with Crippen LogP contribution in [0, 0.1) is 0 Å². The molecule has 0 spiro atoms. The van der Waals surface area contributed by atoms with Crippen molar-refractivity contribution in [1.29, 1.82) is 0 Å². The number of nitrogens with two attached hydrogens (primary N) is 1.